The molecule has 2 rings (SSSR count). The van der Waals surface area contributed by atoms with Gasteiger partial charge in [-0.2, -0.15) is 8.42 Å². The lowest BCUT2D eigenvalue weighted by Crippen LogP contribution is -2.43. The fraction of sp³-hybridized carbons (Fsp3) is 0.692. The third-order valence-electron chi connectivity index (χ3n) is 4.01. The molecule has 130 valence electrons. The summed E-state index contributed by atoms with van der Waals surface area (Å²) in [5.41, 5.74) is 0. The van der Waals surface area contributed by atoms with Crippen molar-refractivity contribution in [1.82, 2.24) is 4.90 Å². The summed E-state index contributed by atoms with van der Waals surface area (Å²) in [6.45, 7) is -0.845. The molecular formula is C13H19NO8S. The molecule has 0 saturated carbocycles. The molecule has 1 amide bonds. The molecule has 0 aliphatic carbocycles. The van der Waals surface area contributed by atoms with Gasteiger partial charge in [0.2, 0.25) is 5.91 Å². The summed E-state index contributed by atoms with van der Waals surface area (Å²) in [4.78, 5) is 24.9. The van der Waals surface area contributed by atoms with E-state index in [9.17, 15) is 23.1 Å². The Morgan fingerprint density at radius 1 is 1.43 bits per heavy atom. The Bertz CT molecular complexity index is 601. The molecule has 0 spiro atoms. The van der Waals surface area contributed by atoms with Crippen LogP contribution in [0.25, 0.3) is 0 Å². The first-order valence-corrected chi connectivity index (χ1v) is 8.55. The number of carbonyl (C=O) groups is 2. The lowest BCUT2D eigenvalue weighted by Gasteiger charge is -2.26. The summed E-state index contributed by atoms with van der Waals surface area (Å²) >= 11 is 0. The predicted octanol–water partition coefficient (Wildman–Crippen LogP) is -1.07. The molecule has 0 aromatic rings. The van der Waals surface area contributed by atoms with E-state index in [4.69, 9.17) is 9.29 Å². The van der Waals surface area contributed by atoms with Gasteiger partial charge < -0.3 is 19.5 Å². The van der Waals surface area contributed by atoms with Crippen LogP contribution in [0, 0.1) is 5.92 Å². The van der Waals surface area contributed by atoms with Crippen molar-refractivity contribution in [2.24, 2.45) is 5.92 Å². The molecule has 0 radical (unpaired) electrons. The van der Waals surface area contributed by atoms with Gasteiger partial charge in [-0.25, -0.2) is 0 Å². The first-order valence-electron chi connectivity index (χ1n) is 7.05. The number of aliphatic hydroxyl groups is 1. The second-order valence-corrected chi connectivity index (χ2v) is 7.02. The molecule has 10 heteroatoms. The van der Waals surface area contributed by atoms with Gasteiger partial charge in [-0.15, -0.1) is 0 Å². The highest BCUT2D eigenvalue weighted by molar-refractivity contribution is 7.87. The van der Waals surface area contributed by atoms with Crippen LogP contribution < -0.4 is 0 Å². The van der Waals surface area contributed by atoms with Crippen LogP contribution in [0.3, 0.4) is 0 Å². The van der Waals surface area contributed by atoms with Crippen molar-refractivity contribution in [3.05, 3.63) is 12.2 Å². The van der Waals surface area contributed by atoms with E-state index in [1.54, 1.807) is 6.08 Å². The summed E-state index contributed by atoms with van der Waals surface area (Å²) in [6.07, 6.45) is 3.30. The van der Waals surface area contributed by atoms with E-state index >= 15 is 0 Å². The van der Waals surface area contributed by atoms with E-state index in [0.717, 1.165) is 12.0 Å². The normalized spacial score (nSPS) is 27.0. The minimum absolute atomic E-state index is 0.116. The molecule has 4 unspecified atom stereocenters. The Morgan fingerprint density at radius 3 is 2.57 bits per heavy atom. The molecule has 2 aliphatic heterocycles. The second kappa shape index (κ2) is 6.95. The van der Waals surface area contributed by atoms with Crippen molar-refractivity contribution in [2.45, 2.75) is 30.3 Å². The lowest BCUT2D eigenvalue weighted by atomic mass is 9.93. The van der Waals surface area contributed by atoms with Gasteiger partial charge in [0.15, 0.2) is 5.25 Å². The minimum atomic E-state index is -4.66. The maximum absolute atomic E-state index is 12.4. The average molecular weight is 349 g/mol. The molecule has 1 fully saturated rings. The molecule has 2 aliphatic rings. The Labute approximate surface area is 133 Å². The molecule has 0 aromatic heterocycles. The van der Waals surface area contributed by atoms with Crippen LogP contribution in [0.5, 0.6) is 0 Å². The predicted molar refractivity (Wildman–Crippen MR) is 76.7 cm³/mol. The van der Waals surface area contributed by atoms with Gasteiger partial charge in [-0.3, -0.25) is 14.1 Å². The molecule has 4 atom stereocenters. The summed E-state index contributed by atoms with van der Waals surface area (Å²) in [6, 6.07) is 0. The van der Waals surface area contributed by atoms with Crippen LogP contribution in [0.2, 0.25) is 0 Å². The highest BCUT2D eigenvalue weighted by Crippen LogP contribution is 2.34. The molecule has 23 heavy (non-hydrogen) atoms. The van der Waals surface area contributed by atoms with Gasteiger partial charge in [0.05, 0.1) is 25.2 Å². The van der Waals surface area contributed by atoms with Crippen molar-refractivity contribution >= 4 is 22.0 Å². The molecule has 0 aromatic carbocycles. The van der Waals surface area contributed by atoms with Crippen molar-refractivity contribution < 1.29 is 37.1 Å². The number of methoxy groups -OCH3 is 1. The van der Waals surface area contributed by atoms with Crippen molar-refractivity contribution in [3.63, 3.8) is 0 Å². The van der Waals surface area contributed by atoms with Gasteiger partial charge in [0.25, 0.3) is 10.1 Å². The van der Waals surface area contributed by atoms with Crippen LogP contribution in [0.1, 0.15) is 12.8 Å². The van der Waals surface area contributed by atoms with Crippen molar-refractivity contribution in [1.29, 1.82) is 0 Å². The van der Waals surface area contributed by atoms with E-state index in [1.165, 1.54) is 0 Å². The van der Waals surface area contributed by atoms with E-state index in [-0.39, 0.29) is 31.1 Å². The molecule has 2 N–H and O–H groups in total. The molecular weight excluding hydrogens is 330 g/mol. The Kier molecular flexibility index (Phi) is 5.40. The quantitative estimate of drug-likeness (QED) is 0.257. The first kappa shape index (κ1) is 17.9. The number of aliphatic hydroxyl groups excluding tert-OH is 1. The standard InChI is InChI=1S/C13H19NO8S/c1-21-13(17)11(23(18,19)20)4-5-14(7-15)12(16)9-6-8-2-3-10(9)22-8/h2-3,8-11,15H,4-7H2,1H3,(H,18,19,20). The fourth-order valence-electron chi connectivity index (χ4n) is 2.79. The monoisotopic (exact) mass is 349 g/mol. The number of hydrogen-bond donors (Lipinski definition) is 2. The number of nitrogens with zero attached hydrogens (tertiary/aromatic N) is 1. The van der Waals surface area contributed by atoms with Crippen LogP contribution in [-0.2, 0) is 29.2 Å². The van der Waals surface area contributed by atoms with Crippen molar-refractivity contribution in [2.75, 3.05) is 20.4 Å². The van der Waals surface area contributed by atoms with Crippen LogP contribution in [0.4, 0.5) is 0 Å². The molecule has 9 nitrogen and oxygen atoms in total. The zero-order chi connectivity index (χ0) is 17.2. The Hall–Kier alpha value is -1.49. The summed E-state index contributed by atoms with van der Waals surface area (Å²) < 4.78 is 41.3. The summed E-state index contributed by atoms with van der Waals surface area (Å²) in [5.74, 6) is -1.95. The third-order valence-corrected chi connectivity index (χ3v) is 5.16. The average Bonchev–Trinajstić information content (AvgIpc) is 3.12. The number of amides is 1. The number of fused-ring (bicyclic) bond motifs is 2. The first-order chi connectivity index (χ1) is 10.8. The second-order valence-electron chi connectivity index (χ2n) is 5.42. The zero-order valence-electron chi connectivity index (χ0n) is 12.5. The zero-order valence-corrected chi connectivity index (χ0v) is 13.3. The van der Waals surface area contributed by atoms with E-state index in [2.05, 4.69) is 4.74 Å². The number of carbonyl (C=O) groups excluding carboxylic acids is 2. The summed E-state index contributed by atoms with van der Waals surface area (Å²) in [5, 5.41) is 7.56. The third kappa shape index (κ3) is 3.89. The van der Waals surface area contributed by atoms with E-state index in [0.29, 0.717) is 6.42 Å². The van der Waals surface area contributed by atoms with Gasteiger partial charge in [0.1, 0.15) is 6.73 Å². The van der Waals surface area contributed by atoms with Crippen molar-refractivity contribution in [3.8, 4) is 0 Å². The maximum Gasteiger partial charge on any atom is 0.326 e. The number of hydrogen-bond acceptors (Lipinski definition) is 7. The SMILES string of the molecule is COC(=O)C(CCN(CO)C(=O)C1CC2C=CC1O2)S(=O)(=O)O. The fourth-order valence-corrected chi connectivity index (χ4v) is 3.54. The number of ether oxygens (including phenoxy) is 2. The number of rotatable bonds is 7. The molecule has 2 bridgehead atoms. The summed E-state index contributed by atoms with van der Waals surface area (Å²) in [7, 11) is -3.67. The minimum Gasteiger partial charge on any atom is -0.468 e. The largest absolute Gasteiger partial charge is 0.468 e. The highest BCUT2D eigenvalue weighted by atomic mass is 32.2. The lowest BCUT2D eigenvalue weighted by molar-refractivity contribution is -0.143. The smallest absolute Gasteiger partial charge is 0.326 e. The van der Waals surface area contributed by atoms with Gasteiger partial charge in [0, 0.05) is 6.54 Å². The highest BCUT2D eigenvalue weighted by Gasteiger charge is 2.43. The molecule has 1 saturated heterocycles. The Morgan fingerprint density at radius 2 is 2.13 bits per heavy atom. The van der Waals surface area contributed by atoms with Gasteiger partial charge in [-0.05, 0) is 12.8 Å². The van der Waals surface area contributed by atoms with Crippen LogP contribution in [0.15, 0.2) is 12.2 Å². The topological polar surface area (TPSA) is 130 Å². The number of esters is 1. The van der Waals surface area contributed by atoms with E-state index < -0.39 is 34.0 Å². The van der Waals surface area contributed by atoms with Gasteiger partial charge >= 0.3 is 5.97 Å². The molecule has 2 heterocycles. The van der Waals surface area contributed by atoms with E-state index in [1.807, 2.05) is 6.08 Å². The van der Waals surface area contributed by atoms with Crippen LogP contribution in [-0.4, -0.2) is 72.7 Å². The maximum atomic E-state index is 12.4. The van der Waals surface area contributed by atoms with Gasteiger partial charge in [-0.1, -0.05) is 12.2 Å². The Balaban J connectivity index is 2.00. The van der Waals surface area contributed by atoms with Crippen LogP contribution >= 0.6 is 0 Å².